The van der Waals surface area contributed by atoms with E-state index < -0.39 is 18.0 Å². The number of rotatable bonds is 3. The van der Waals surface area contributed by atoms with E-state index in [0.717, 1.165) is 16.5 Å². The number of amides is 2. The number of nitrogens with zero attached hydrogens (tertiary/aromatic N) is 6. The van der Waals surface area contributed by atoms with Crippen molar-refractivity contribution in [2.24, 2.45) is 7.05 Å². The van der Waals surface area contributed by atoms with Gasteiger partial charge < -0.3 is 10.2 Å². The monoisotopic (exact) mass is 409 g/mol. The maximum absolute atomic E-state index is 14.5. The lowest BCUT2D eigenvalue weighted by atomic mass is 10.1. The van der Waals surface area contributed by atoms with Crippen LogP contribution in [-0.2, 0) is 7.05 Å². The first-order chi connectivity index (χ1) is 14.5. The van der Waals surface area contributed by atoms with Crippen molar-refractivity contribution in [2.75, 3.05) is 18.4 Å². The van der Waals surface area contributed by atoms with Crippen molar-refractivity contribution < 1.29 is 13.6 Å². The maximum atomic E-state index is 14.5. The summed E-state index contributed by atoms with van der Waals surface area (Å²) < 4.78 is 30.5. The third kappa shape index (κ3) is 3.25. The Labute approximate surface area is 169 Å². The molecule has 1 fully saturated rings. The summed E-state index contributed by atoms with van der Waals surface area (Å²) in [5.41, 5.74) is 2.81. The zero-order valence-electron chi connectivity index (χ0n) is 16.0. The molecule has 2 amide bonds. The molecular weight excluding hydrogens is 392 g/mol. The van der Waals surface area contributed by atoms with Crippen molar-refractivity contribution in [3.63, 3.8) is 0 Å². The van der Waals surface area contributed by atoms with Gasteiger partial charge in [-0.3, -0.25) is 4.68 Å². The highest BCUT2D eigenvalue weighted by Gasteiger charge is 2.30. The van der Waals surface area contributed by atoms with Crippen molar-refractivity contribution in [3.05, 3.63) is 54.9 Å². The smallest absolute Gasteiger partial charge is 0.319 e. The summed E-state index contributed by atoms with van der Waals surface area (Å²) in [4.78, 5) is 17.8. The van der Waals surface area contributed by atoms with Gasteiger partial charge >= 0.3 is 6.03 Å². The third-order valence-corrected chi connectivity index (χ3v) is 4.97. The van der Waals surface area contributed by atoms with Crippen LogP contribution in [0.4, 0.5) is 19.3 Å². The number of pyridine rings is 1. The van der Waals surface area contributed by atoms with Crippen LogP contribution >= 0.6 is 0 Å². The first-order valence-corrected chi connectivity index (χ1v) is 9.30. The molecule has 4 aromatic rings. The molecule has 152 valence electrons. The molecule has 1 aliphatic rings. The second-order valence-corrected chi connectivity index (χ2v) is 7.21. The molecule has 10 heteroatoms. The van der Waals surface area contributed by atoms with E-state index in [9.17, 15) is 13.6 Å². The molecule has 1 N–H and O–H groups in total. The van der Waals surface area contributed by atoms with E-state index in [2.05, 4.69) is 20.5 Å². The number of carbonyl (C=O) groups is 1. The molecule has 0 radical (unpaired) electrons. The highest BCUT2D eigenvalue weighted by Crippen LogP contribution is 2.25. The number of likely N-dealkylation sites (tertiary alicyclic amines) is 1. The van der Waals surface area contributed by atoms with Crippen LogP contribution in [-0.4, -0.2) is 54.7 Å². The normalized spacial score (nSPS) is 14.2. The Bertz CT molecular complexity index is 1260. The minimum atomic E-state index is -0.986. The number of hydrogen-bond acceptors (Lipinski definition) is 4. The summed E-state index contributed by atoms with van der Waals surface area (Å²) in [5.74, 6) is -0.499. The number of carbonyl (C=O) groups excluding carboxylic acids is 1. The van der Waals surface area contributed by atoms with Crippen molar-refractivity contribution in [2.45, 2.75) is 6.17 Å². The van der Waals surface area contributed by atoms with Gasteiger partial charge in [0.15, 0.2) is 5.65 Å². The number of hydrogen-bond donors (Lipinski definition) is 1. The molecule has 3 aromatic heterocycles. The van der Waals surface area contributed by atoms with Gasteiger partial charge in [-0.2, -0.15) is 5.10 Å². The minimum Gasteiger partial charge on any atom is -0.319 e. The van der Waals surface area contributed by atoms with E-state index in [1.807, 2.05) is 19.3 Å². The summed E-state index contributed by atoms with van der Waals surface area (Å²) in [6, 6.07) is 5.66. The molecular formula is C20H17F2N7O. The summed E-state index contributed by atoms with van der Waals surface area (Å²) in [6.07, 6.45) is 6.00. The molecule has 5 rings (SSSR count). The Morgan fingerprint density at radius 1 is 1.17 bits per heavy atom. The zero-order valence-corrected chi connectivity index (χ0v) is 16.0. The molecule has 0 aliphatic carbocycles. The van der Waals surface area contributed by atoms with Gasteiger partial charge in [-0.05, 0) is 24.3 Å². The second-order valence-electron chi connectivity index (χ2n) is 7.21. The molecule has 1 saturated heterocycles. The van der Waals surface area contributed by atoms with Crippen molar-refractivity contribution in [1.29, 1.82) is 0 Å². The molecule has 1 aromatic carbocycles. The standard InChI is InChI=1S/C20H17F2N7O/c1-27-8-14(7-24-27)12-4-13-9-29(26-19(13)23-6-12)18-5-16(2-3-17(18)22)25-20(30)28-10-15(21)11-28/h2-9,15H,10-11H2,1H3,(H,25,30). The van der Waals surface area contributed by atoms with Gasteiger partial charge in [-0.1, -0.05) is 0 Å². The van der Waals surface area contributed by atoms with Gasteiger partial charge in [-0.15, -0.1) is 5.10 Å². The predicted octanol–water partition coefficient (Wildman–Crippen LogP) is 3.15. The molecule has 8 nitrogen and oxygen atoms in total. The fraction of sp³-hybridized carbons (Fsp3) is 0.200. The van der Waals surface area contributed by atoms with E-state index in [1.165, 1.54) is 27.8 Å². The van der Waals surface area contributed by atoms with Crippen LogP contribution in [0, 0.1) is 5.82 Å². The molecule has 1 aliphatic heterocycles. The molecule has 0 unspecified atom stereocenters. The number of benzene rings is 1. The van der Waals surface area contributed by atoms with Crippen LogP contribution in [0.15, 0.2) is 49.1 Å². The van der Waals surface area contributed by atoms with Gasteiger partial charge in [0, 0.05) is 47.8 Å². The van der Waals surface area contributed by atoms with Crippen molar-refractivity contribution in [1.82, 2.24) is 29.4 Å². The lowest BCUT2D eigenvalue weighted by Crippen LogP contribution is -2.53. The van der Waals surface area contributed by atoms with E-state index in [-0.39, 0.29) is 18.8 Å². The van der Waals surface area contributed by atoms with Crippen LogP contribution in [0.5, 0.6) is 0 Å². The minimum absolute atomic E-state index is 0.0648. The Morgan fingerprint density at radius 3 is 2.73 bits per heavy atom. The molecule has 0 spiro atoms. The highest BCUT2D eigenvalue weighted by molar-refractivity contribution is 5.90. The summed E-state index contributed by atoms with van der Waals surface area (Å²) in [5, 5.41) is 11.9. The van der Waals surface area contributed by atoms with Crippen LogP contribution in [0.2, 0.25) is 0 Å². The summed E-state index contributed by atoms with van der Waals surface area (Å²) in [7, 11) is 1.83. The molecule has 30 heavy (non-hydrogen) atoms. The predicted molar refractivity (Wildman–Crippen MR) is 107 cm³/mol. The Hall–Kier alpha value is -3.82. The number of aromatic nitrogens is 5. The average Bonchev–Trinajstić information content (AvgIpc) is 3.32. The molecule has 0 atom stereocenters. The average molecular weight is 409 g/mol. The third-order valence-electron chi connectivity index (χ3n) is 4.97. The van der Waals surface area contributed by atoms with Gasteiger partial charge in [-0.25, -0.2) is 23.2 Å². The van der Waals surface area contributed by atoms with E-state index in [1.54, 1.807) is 23.3 Å². The lowest BCUT2D eigenvalue weighted by molar-refractivity contribution is 0.0974. The van der Waals surface area contributed by atoms with Gasteiger partial charge in [0.1, 0.15) is 17.7 Å². The Morgan fingerprint density at radius 2 is 2.00 bits per heavy atom. The van der Waals surface area contributed by atoms with Crippen molar-refractivity contribution >= 4 is 22.8 Å². The van der Waals surface area contributed by atoms with Crippen LogP contribution in [0.25, 0.3) is 27.8 Å². The van der Waals surface area contributed by atoms with E-state index in [0.29, 0.717) is 11.3 Å². The lowest BCUT2D eigenvalue weighted by Gasteiger charge is -2.34. The number of aryl methyl sites for hydroxylation is 1. The molecule has 4 heterocycles. The van der Waals surface area contributed by atoms with Gasteiger partial charge in [0.2, 0.25) is 0 Å². The number of halogens is 2. The number of anilines is 1. The quantitative estimate of drug-likeness (QED) is 0.564. The zero-order chi connectivity index (χ0) is 20.8. The van der Waals surface area contributed by atoms with Gasteiger partial charge in [0.05, 0.1) is 19.3 Å². The highest BCUT2D eigenvalue weighted by atomic mass is 19.1. The fourth-order valence-corrected chi connectivity index (χ4v) is 3.33. The fourth-order valence-electron chi connectivity index (χ4n) is 3.33. The first kappa shape index (κ1) is 18.2. The molecule has 0 saturated carbocycles. The SMILES string of the molecule is Cn1cc(-c2cnc3nn(-c4cc(NC(=O)N5CC(F)C5)ccc4F)cc3c2)cn1. The van der Waals surface area contributed by atoms with Gasteiger partial charge in [0.25, 0.3) is 0 Å². The van der Waals surface area contributed by atoms with E-state index in [4.69, 9.17) is 0 Å². The number of nitrogens with one attached hydrogen (secondary N) is 1. The van der Waals surface area contributed by atoms with Crippen LogP contribution < -0.4 is 5.32 Å². The summed E-state index contributed by atoms with van der Waals surface area (Å²) >= 11 is 0. The largest absolute Gasteiger partial charge is 0.322 e. The summed E-state index contributed by atoms with van der Waals surface area (Å²) in [6.45, 7) is 0.130. The van der Waals surface area contributed by atoms with E-state index >= 15 is 0 Å². The maximum Gasteiger partial charge on any atom is 0.322 e. The topological polar surface area (TPSA) is 80.9 Å². The van der Waals surface area contributed by atoms with Crippen LogP contribution in [0.3, 0.4) is 0 Å². The van der Waals surface area contributed by atoms with Crippen molar-refractivity contribution in [3.8, 4) is 16.8 Å². The number of fused-ring (bicyclic) bond motifs is 1. The number of urea groups is 1. The van der Waals surface area contributed by atoms with Crippen LogP contribution in [0.1, 0.15) is 0 Å². The Balaban J connectivity index is 1.45. The second kappa shape index (κ2) is 6.90. The Kier molecular flexibility index (Phi) is 4.19. The molecule has 0 bridgehead atoms. The number of alkyl halides is 1. The first-order valence-electron chi connectivity index (χ1n) is 9.30.